The molecule has 0 bridgehead atoms. The molecule has 0 saturated carbocycles. The van der Waals surface area contributed by atoms with E-state index in [0.717, 1.165) is 25.5 Å². The zero-order chi connectivity index (χ0) is 13.1. The van der Waals surface area contributed by atoms with E-state index in [4.69, 9.17) is 0 Å². The third-order valence-electron chi connectivity index (χ3n) is 3.57. The van der Waals surface area contributed by atoms with E-state index < -0.39 is 11.6 Å². The van der Waals surface area contributed by atoms with Crippen molar-refractivity contribution in [2.75, 3.05) is 13.1 Å². The number of benzene rings is 1. The molecule has 0 amide bonds. The standard InChI is InChI=1S/C14H17F2NO/c1-10-4-3-8-17(10)9-7-13(18)11-5-2-6-12(15)14(11)16/h2,5-6,10H,3-4,7-9H2,1H3. The van der Waals surface area contributed by atoms with Crippen LogP contribution in [0.4, 0.5) is 8.78 Å². The van der Waals surface area contributed by atoms with Crippen molar-refractivity contribution < 1.29 is 13.6 Å². The fraction of sp³-hybridized carbons (Fsp3) is 0.500. The van der Waals surface area contributed by atoms with Gasteiger partial charge >= 0.3 is 0 Å². The van der Waals surface area contributed by atoms with Gasteiger partial charge in [0.1, 0.15) is 0 Å². The van der Waals surface area contributed by atoms with E-state index >= 15 is 0 Å². The van der Waals surface area contributed by atoms with Crippen LogP contribution in [-0.4, -0.2) is 29.8 Å². The molecule has 0 aliphatic carbocycles. The van der Waals surface area contributed by atoms with Crippen molar-refractivity contribution in [2.45, 2.75) is 32.2 Å². The second-order valence-electron chi connectivity index (χ2n) is 4.80. The first-order valence-corrected chi connectivity index (χ1v) is 6.31. The Kier molecular flexibility index (Phi) is 4.07. The van der Waals surface area contributed by atoms with Crippen LogP contribution in [0.25, 0.3) is 0 Å². The first-order valence-electron chi connectivity index (χ1n) is 6.31. The predicted molar refractivity (Wildman–Crippen MR) is 65.6 cm³/mol. The van der Waals surface area contributed by atoms with Gasteiger partial charge in [-0.15, -0.1) is 0 Å². The van der Waals surface area contributed by atoms with Crippen LogP contribution in [0.3, 0.4) is 0 Å². The van der Waals surface area contributed by atoms with Gasteiger partial charge in [0, 0.05) is 19.0 Å². The molecule has 2 nitrogen and oxygen atoms in total. The Morgan fingerprint density at radius 1 is 1.44 bits per heavy atom. The molecule has 1 aromatic rings. The van der Waals surface area contributed by atoms with Crippen molar-refractivity contribution >= 4 is 5.78 Å². The van der Waals surface area contributed by atoms with Crippen LogP contribution in [0, 0.1) is 11.6 Å². The molecule has 0 N–H and O–H groups in total. The molecule has 1 saturated heterocycles. The van der Waals surface area contributed by atoms with Crippen LogP contribution in [0.5, 0.6) is 0 Å². The number of likely N-dealkylation sites (tertiary alicyclic amines) is 1. The molecule has 1 aliphatic rings. The summed E-state index contributed by atoms with van der Waals surface area (Å²) in [6.07, 6.45) is 2.52. The van der Waals surface area contributed by atoms with Gasteiger partial charge in [-0.05, 0) is 38.4 Å². The molecule has 98 valence electrons. The van der Waals surface area contributed by atoms with E-state index in [9.17, 15) is 13.6 Å². The third-order valence-corrected chi connectivity index (χ3v) is 3.57. The summed E-state index contributed by atoms with van der Waals surface area (Å²) in [6, 6.07) is 4.21. The lowest BCUT2D eigenvalue weighted by Crippen LogP contribution is -2.29. The number of carbonyl (C=O) groups excluding carboxylic acids is 1. The largest absolute Gasteiger partial charge is 0.300 e. The SMILES string of the molecule is CC1CCCN1CCC(=O)c1cccc(F)c1F. The van der Waals surface area contributed by atoms with E-state index in [0.29, 0.717) is 12.6 Å². The van der Waals surface area contributed by atoms with Crippen molar-refractivity contribution in [2.24, 2.45) is 0 Å². The van der Waals surface area contributed by atoms with Gasteiger partial charge in [-0.25, -0.2) is 8.78 Å². The molecule has 1 aromatic carbocycles. The zero-order valence-corrected chi connectivity index (χ0v) is 10.5. The second kappa shape index (κ2) is 5.57. The van der Waals surface area contributed by atoms with Gasteiger partial charge in [0.15, 0.2) is 17.4 Å². The molecule has 1 heterocycles. The lowest BCUT2D eigenvalue weighted by Gasteiger charge is -2.20. The molecule has 0 radical (unpaired) electrons. The Balaban J connectivity index is 1.97. The fourth-order valence-electron chi connectivity index (χ4n) is 2.42. The number of ketones is 1. The van der Waals surface area contributed by atoms with E-state index in [1.165, 1.54) is 12.1 Å². The van der Waals surface area contributed by atoms with Crippen LogP contribution in [0.2, 0.25) is 0 Å². The summed E-state index contributed by atoms with van der Waals surface area (Å²) in [5, 5.41) is 0. The molecule has 1 unspecified atom stereocenters. The lowest BCUT2D eigenvalue weighted by molar-refractivity contribution is 0.0958. The quantitative estimate of drug-likeness (QED) is 0.769. The number of Topliss-reactive ketones (excluding diaryl/α,β-unsaturated/α-hetero) is 1. The monoisotopic (exact) mass is 253 g/mol. The third kappa shape index (κ3) is 2.75. The van der Waals surface area contributed by atoms with Gasteiger partial charge in [-0.3, -0.25) is 4.79 Å². The van der Waals surface area contributed by atoms with Gasteiger partial charge in [-0.1, -0.05) is 6.07 Å². The predicted octanol–water partition coefficient (Wildman–Crippen LogP) is 3.02. The number of hydrogen-bond donors (Lipinski definition) is 0. The molecule has 1 fully saturated rings. The van der Waals surface area contributed by atoms with E-state index in [-0.39, 0.29) is 17.8 Å². The summed E-state index contributed by atoms with van der Waals surface area (Å²) in [5.41, 5.74) is -0.137. The van der Waals surface area contributed by atoms with Crippen molar-refractivity contribution in [3.8, 4) is 0 Å². The van der Waals surface area contributed by atoms with Crippen LogP contribution in [-0.2, 0) is 0 Å². The van der Waals surface area contributed by atoms with Crippen LogP contribution in [0.1, 0.15) is 36.5 Å². The Morgan fingerprint density at radius 3 is 2.89 bits per heavy atom. The summed E-state index contributed by atoms with van der Waals surface area (Å²) in [6.45, 7) is 3.73. The molecule has 1 aliphatic heterocycles. The summed E-state index contributed by atoms with van der Waals surface area (Å²) in [5.74, 6) is -2.32. The second-order valence-corrected chi connectivity index (χ2v) is 4.80. The Morgan fingerprint density at radius 2 is 2.22 bits per heavy atom. The van der Waals surface area contributed by atoms with Gasteiger partial charge in [0.2, 0.25) is 0 Å². The highest BCUT2D eigenvalue weighted by atomic mass is 19.2. The summed E-state index contributed by atoms with van der Waals surface area (Å²) in [4.78, 5) is 14.1. The van der Waals surface area contributed by atoms with Crippen LogP contribution < -0.4 is 0 Å². The minimum atomic E-state index is -1.03. The summed E-state index contributed by atoms with van der Waals surface area (Å²) >= 11 is 0. The van der Waals surface area contributed by atoms with Gasteiger partial charge in [0.25, 0.3) is 0 Å². The van der Waals surface area contributed by atoms with Gasteiger partial charge in [0.05, 0.1) is 5.56 Å². The van der Waals surface area contributed by atoms with Crippen molar-refractivity contribution in [1.82, 2.24) is 4.90 Å². The minimum absolute atomic E-state index is 0.137. The smallest absolute Gasteiger partial charge is 0.169 e. The maximum atomic E-state index is 13.4. The van der Waals surface area contributed by atoms with E-state index in [2.05, 4.69) is 11.8 Å². The normalized spacial score (nSPS) is 20.3. The molecule has 1 atom stereocenters. The zero-order valence-electron chi connectivity index (χ0n) is 10.5. The number of halogens is 2. The van der Waals surface area contributed by atoms with Crippen molar-refractivity contribution in [3.63, 3.8) is 0 Å². The van der Waals surface area contributed by atoms with E-state index in [1.807, 2.05) is 0 Å². The minimum Gasteiger partial charge on any atom is -0.300 e. The molecule has 0 spiro atoms. The van der Waals surface area contributed by atoms with Gasteiger partial charge in [-0.2, -0.15) is 0 Å². The van der Waals surface area contributed by atoms with Crippen LogP contribution in [0.15, 0.2) is 18.2 Å². The average Bonchev–Trinajstić information content (AvgIpc) is 2.75. The molecule has 4 heteroatoms. The molecular formula is C14H17F2NO. The number of carbonyl (C=O) groups is 1. The van der Waals surface area contributed by atoms with Gasteiger partial charge < -0.3 is 4.90 Å². The first-order chi connectivity index (χ1) is 8.59. The first kappa shape index (κ1) is 13.1. The highest BCUT2D eigenvalue weighted by molar-refractivity contribution is 5.96. The molecule has 0 aromatic heterocycles. The number of rotatable bonds is 4. The number of hydrogen-bond acceptors (Lipinski definition) is 2. The Labute approximate surface area is 106 Å². The molecule has 2 rings (SSSR count). The fourth-order valence-corrected chi connectivity index (χ4v) is 2.42. The summed E-state index contributed by atoms with van der Waals surface area (Å²) < 4.78 is 26.4. The van der Waals surface area contributed by atoms with Crippen molar-refractivity contribution in [3.05, 3.63) is 35.4 Å². The molecule has 18 heavy (non-hydrogen) atoms. The highest BCUT2D eigenvalue weighted by Gasteiger charge is 2.22. The maximum Gasteiger partial charge on any atom is 0.169 e. The number of nitrogens with zero attached hydrogens (tertiary/aromatic N) is 1. The van der Waals surface area contributed by atoms with Crippen molar-refractivity contribution in [1.29, 1.82) is 0 Å². The average molecular weight is 253 g/mol. The maximum absolute atomic E-state index is 13.4. The van der Waals surface area contributed by atoms with E-state index in [1.54, 1.807) is 0 Å². The topological polar surface area (TPSA) is 20.3 Å². The summed E-state index contributed by atoms with van der Waals surface area (Å²) in [7, 11) is 0. The van der Waals surface area contributed by atoms with Crippen LogP contribution >= 0.6 is 0 Å². The molecular weight excluding hydrogens is 236 g/mol. The lowest BCUT2D eigenvalue weighted by atomic mass is 10.1. The Hall–Kier alpha value is -1.29. The Bertz CT molecular complexity index is 447. The highest BCUT2D eigenvalue weighted by Crippen LogP contribution is 2.18.